The molecule has 0 spiro atoms. The minimum absolute atomic E-state index is 0.371. The van der Waals surface area contributed by atoms with E-state index in [1.165, 1.54) is 11.3 Å². The second-order valence-electron chi connectivity index (χ2n) is 8.66. The Morgan fingerprint density at radius 2 is 1.75 bits per heavy atom. The molecule has 0 N–H and O–H groups in total. The molecular weight excluding hydrogens is 347 g/mol. The highest BCUT2D eigenvalue weighted by Gasteiger charge is 2.52. The molecule has 1 aromatic carbocycles. The summed E-state index contributed by atoms with van der Waals surface area (Å²) in [4.78, 5) is 4.70. The van der Waals surface area contributed by atoms with Gasteiger partial charge in [-0.25, -0.2) is 0 Å². The van der Waals surface area contributed by atoms with E-state index < -0.39 is 7.12 Å². The number of aryl methyl sites for hydroxylation is 1. The van der Waals surface area contributed by atoms with E-state index in [0.29, 0.717) is 0 Å². The molecule has 5 rings (SSSR count). The Morgan fingerprint density at radius 3 is 2.54 bits per heavy atom. The predicted molar refractivity (Wildman–Crippen MR) is 114 cm³/mol. The van der Waals surface area contributed by atoms with E-state index in [1.54, 1.807) is 0 Å². The summed E-state index contributed by atoms with van der Waals surface area (Å²) in [6, 6.07) is 12.5. The van der Waals surface area contributed by atoms with Crippen LogP contribution in [0.25, 0.3) is 22.8 Å². The first-order valence-electron chi connectivity index (χ1n) is 9.99. The monoisotopic (exact) mass is 372 g/mol. The van der Waals surface area contributed by atoms with E-state index in [1.807, 2.05) is 12.3 Å². The number of benzene rings is 1. The molecule has 1 fully saturated rings. The molecule has 1 aliphatic heterocycles. The third-order valence-corrected chi connectivity index (χ3v) is 6.38. The third-order valence-electron chi connectivity index (χ3n) is 6.38. The number of hydrogen-bond acceptors (Lipinski definition) is 3. The van der Waals surface area contributed by atoms with Crippen LogP contribution in [-0.2, 0) is 15.7 Å². The summed E-state index contributed by atoms with van der Waals surface area (Å²) < 4.78 is 15.1. The largest absolute Gasteiger partial charge is 0.496 e. The molecule has 1 aliphatic carbocycles. The van der Waals surface area contributed by atoms with Crippen LogP contribution in [0.1, 0.15) is 45.4 Å². The molecule has 28 heavy (non-hydrogen) atoms. The predicted octanol–water partition coefficient (Wildman–Crippen LogP) is 4.28. The molecule has 1 saturated heterocycles. The van der Waals surface area contributed by atoms with Gasteiger partial charge >= 0.3 is 7.12 Å². The highest BCUT2D eigenvalue weighted by Crippen LogP contribution is 2.38. The SMILES string of the molecule is CC1(C)OB(c2ccccc2-n2c3c(c4ncccc42)CCC=C3)OC1(C)C. The Hall–Kier alpha value is -2.37. The van der Waals surface area contributed by atoms with Crippen molar-refractivity contribution in [3.63, 3.8) is 0 Å². The van der Waals surface area contributed by atoms with Gasteiger partial charge in [0.2, 0.25) is 0 Å². The van der Waals surface area contributed by atoms with Crippen molar-refractivity contribution < 1.29 is 9.31 Å². The quantitative estimate of drug-likeness (QED) is 0.630. The van der Waals surface area contributed by atoms with Gasteiger partial charge in [-0.15, -0.1) is 0 Å². The van der Waals surface area contributed by atoms with Crippen molar-refractivity contribution in [2.24, 2.45) is 0 Å². The molecule has 0 bridgehead atoms. The molecule has 0 atom stereocenters. The van der Waals surface area contributed by atoms with Gasteiger partial charge in [0.1, 0.15) is 0 Å². The lowest BCUT2D eigenvalue weighted by Gasteiger charge is -2.32. The van der Waals surface area contributed by atoms with E-state index in [9.17, 15) is 0 Å². The summed E-state index contributed by atoms with van der Waals surface area (Å²) in [5.74, 6) is 0. The molecule has 0 saturated carbocycles. The first-order valence-corrected chi connectivity index (χ1v) is 9.99. The fourth-order valence-electron chi connectivity index (χ4n) is 4.16. The van der Waals surface area contributed by atoms with Gasteiger partial charge in [-0.05, 0) is 64.8 Å². The summed E-state index contributed by atoms with van der Waals surface area (Å²) in [6.45, 7) is 8.37. The van der Waals surface area contributed by atoms with Crippen LogP contribution in [0.2, 0.25) is 0 Å². The lowest BCUT2D eigenvalue weighted by Crippen LogP contribution is -2.41. The van der Waals surface area contributed by atoms with Gasteiger partial charge in [0, 0.05) is 22.9 Å². The Morgan fingerprint density at radius 1 is 1.00 bits per heavy atom. The van der Waals surface area contributed by atoms with Crippen molar-refractivity contribution in [2.45, 2.75) is 51.7 Å². The van der Waals surface area contributed by atoms with Crippen molar-refractivity contribution >= 4 is 29.7 Å². The molecule has 2 aromatic heterocycles. The molecule has 3 heterocycles. The van der Waals surface area contributed by atoms with Crippen LogP contribution < -0.4 is 5.46 Å². The van der Waals surface area contributed by atoms with Crippen molar-refractivity contribution in [1.82, 2.24) is 9.55 Å². The first-order chi connectivity index (χ1) is 13.4. The van der Waals surface area contributed by atoms with Crippen LogP contribution in [-0.4, -0.2) is 27.9 Å². The Bertz CT molecular complexity index is 1080. The van der Waals surface area contributed by atoms with Gasteiger partial charge in [0.05, 0.1) is 27.9 Å². The van der Waals surface area contributed by atoms with Crippen LogP contribution in [0.3, 0.4) is 0 Å². The average Bonchev–Trinajstić information content (AvgIpc) is 3.12. The Kier molecular flexibility index (Phi) is 3.84. The number of rotatable bonds is 2. The third kappa shape index (κ3) is 2.50. The maximum atomic E-state index is 6.38. The lowest BCUT2D eigenvalue weighted by atomic mass is 9.77. The number of hydrogen-bond donors (Lipinski definition) is 0. The van der Waals surface area contributed by atoms with Crippen LogP contribution >= 0.6 is 0 Å². The molecule has 0 radical (unpaired) electrons. The van der Waals surface area contributed by atoms with Crippen molar-refractivity contribution in [3.8, 4) is 5.69 Å². The van der Waals surface area contributed by atoms with Crippen LogP contribution in [0.4, 0.5) is 0 Å². The second kappa shape index (κ2) is 6.06. The molecule has 4 nitrogen and oxygen atoms in total. The van der Waals surface area contributed by atoms with Crippen LogP contribution in [0.15, 0.2) is 48.7 Å². The minimum atomic E-state index is -0.404. The minimum Gasteiger partial charge on any atom is -0.399 e. The van der Waals surface area contributed by atoms with E-state index >= 15 is 0 Å². The summed E-state index contributed by atoms with van der Waals surface area (Å²) >= 11 is 0. The normalized spacial score (nSPS) is 19.9. The standard InChI is InChI=1S/C23H25BN2O2/c1-22(2)23(3,4)28-24(27-22)17-11-6-8-13-19(17)26-18-12-7-5-10-16(18)21-20(26)14-9-15-25-21/h6-9,11-15H,5,10H2,1-4H3. The Labute approximate surface area is 166 Å². The molecule has 142 valence electrons. The number of para-hydroxylation sites is 1. The summed E-state index contributed by atoms with van der Waals surface area (Å²) in [7, 11) is -0.404. The highest BCUT2D eigenvalue weighted by atomic mass is 16.7. The molecule has 3 aromatic rings. The van der Waals surface area contributed by atoms with Crippen LogP contribution in [0, 0.1) is 0 Å². The Balaban J connectivity index is 1.73. The number of pyridine rings is 1. The zero-order chi connectivity index (χ0) is 19.5. The zero-order valence-corrected chi connectivity index (χ0v) is 16.9. The fourth-order valence-corrected chi connectivity index (χ4v) is 4.16. The summed E-state index contributed by atoms with van der Waals surface area (Å²) in [5, 5.41) is 0. The molecule has 2 aliphatic rings. The maximum Gasteiger partial charge on any atom is 0.496 e. The maximum absolute atomic E-state index is 6.38. The number of nitrogens with zero attached hydrogens (tertiary/aromatic N) is 2. The number of fused-ring (bicyclic) bond motifs is 3. The average molecular weight is 372 g/mol. The smallest absolute Gasteiger partial charge is 0.399 e. The number of aromatic nitrogens is 2. The summed E-state index contributed by atoms with van der Waals surface area (Å²) in [6.07, 6.45) is 8.43. The molecular formula is C23H25BN2O2. The number of allylic oxidation sites excluding steroid dienone is 1. The van der Waals surface area contributed by atoms with E-state index in [-0.39, 0.29) is 11.2 Å². The van der Waals surface area contributed by atoms with E-state index in [4.69, 9.17) is 14.3 Å². The molecule has 0 unspecified atom stereocenters. The van der Waals surface area contributed by atoms with Crippen molar-refractivity contribution in [2.75, 3.05) is 0 Å². The van der Waals surface area contributed by atoms with E-state index in [0.717, 1.165) is 35.0 Å². The van der Waals surface area contributed by atoms with Gasteiger partial charge < -0.3 is 13.9 Å². The van der Waals surface area contributed by atoms with Crippen LogP contribution in [0.5, 0.6) is 0 Å². The lowest BCUT2D eigenvalue weighted by molar-refractivity contribution is 0.00578. The molecule has 0 amide bonds. The van der Waals surface area contributed by atoms with Gasteiger partial charge in [-0.1, -0.05) is 24.3 Å². The van der Waals surface area contributed by atoms with Crippen molar-refractivity contribution in [1.29, 1.82) is 0 Å². The van der Waals surface area contributed by atoms with Gasteiger partial charge in [0.25, 0.3) is 0 Å². The van der Waals surface area contributed by atoms with Gasteiger partial charge in [-0.3, -0.25) is 4.98 Å². The fraction of sp³-hybridized carbons (Fsp3) is 0.348. The zero-order valence-electron chi connectivity index (χ0n) is 16.9. The van der Waals surface area contributed by atoms with Crippen molar-refractivity contribution in [3.05, 3.63) is 59.9 Å². The first kappa shape index (κ1) is 17.7. The van der Waals surface area contributed by atoms with Gasteiger partial charge in [0.15, 0.2) is 0 Å². The van der Waals surface area contributed by atoms with Gasteiger partial charge in [-0.2, -0.15) is 0 Å². The summed E-state index contributed by atoms with van der Waals surface area (Å²) in [5.41, 5.74) is 6.14. The highest BCUT2D eigenvalue weighted by molar-refractivity contribution is 6.63. The molecule has 5 heteroatoms. The topological polar surface area (TPSA) is 36.3 Å². The van der Waals surface area contributed by atoms with E-state index in [2.05, 4.69) is 74.7 Å². The second-order valence-corrected chi connectivity index (χ2v) is 8.66.